The summed E-state index contributed by atoms with van der Waals surface area (Å²) in [4.78, 5) is 19.7. The zero-order valence-electron chi connectivity index (χ0n) is 19.2. The zero-order valence-corrected chi connectivity index (χ0v) is 19.2. The van der Waals surface area contributed by atoms with Gasteiger partial charge >= 0.3 is 0 Å². The molecule has 1 aliphatic rings. The van der Waals surface area contributed by atoms with Gasteiger partial charge in [0.25, 0.3) is 5.91 Å². The Morgan fingerprint density at radius 3 is 2.47 bits per heavy atom. The highest BCUT2D eigenvalue weighted by Gasteiger charge is 2.34. The van der Waals surface area contributed by atoms with Gasteiger partial charge < -0.3 is 15.3 Å². The normalized spacial score (nSPS) is 15.6. The van der Waals surface area contributed by atoms with Gasteiger partial charge in [-0.15, -0.1) is 0 Å². The second-order valence-corrected chi connectivity index (χ2v) is 9.03. The summed E-state index contributed by atoms with van der Waals surface area (Å²) >= 11 is 0. The number of aromatic nitrogens is 1. The van der Waals surface area contributed by atoms with Crippen molar-refractivity contribution in [3.63, 3.8) is 0 Å². The van der Waals surface area contributed by atoms with Crippen LogP contribution in [0.15, 0.2) is 54.6 Å². The lowest BCUT2D eigenvalue weighted by Crippen LogP contribution is -2.51. The van der Waals surface area contributed by atoms with Crippen LogP contribution in [0.2, 0.25) is 0 Å². The molecule has 3 aromatic rings. The van der Waals surface area contributed by atoms with Crippen molar-refractivity contribution in [2.45, 2.75) is 19.9 Å². The SMILES string of the molecule is Cc1cc(C#CC2(C)CN(C)C2)cc(C(=O)NC(c2ccc(F)cc2)c2cc(F)ccc2O)n1. The molecule has 1 amide bonds. The molecule has 34 heavy (non-hydrogen) atoms. The van der Waals surface area contributed by atoms with Crippen LogP contribution in [0.25, 0.3) is 0 Å². The number of likely N-dealkylation sites (tertiary alicyclic amines) is 1. The maximum atomic E-state index is 14.0. The second-order valence-electron chi connectivity index (χ2n) is 9.03. The van der Waals surface area contributed by atoms with Crippen LogP contribution in [0.5, 0.6) is 5.75 Å². The molecule has 2 N–H and O–H groups in total. The Morgan fingerprint density at radius 1 is 1.12 bits per heavy atom. The van der Waals surface area contributed by atoms with E-state index in [1.165, 1.54) is 30.3 Å². The van der Waals surface area contributed by atoms with Crippen LogP contribution in [0, 0.1) is 35.8 Å². The first-order chi connectivity index (χ1) is 16.1. The van der Waals surface area contributed by atoms with Gasteiger partial charge in [-0.05, 0) is 68.9 Å². The van der Waals surface area contributed by atoms with Gasteiger partial charge in [0.2, 0.25) is 0 Å². The van der Waals surface area contributed by atoms with Gasteiger partial charge in [0, 0.05) is 29.9 Å². The van der Waals surface area contributed by atoms with Gasteiger partial charge in [-0.2, -0.15) is 0 Å². The molecular formula is C27H25F2N3O2. The minimum Gasteiger partial charge on any atom is -0.508 e. The number of hydrogen-bond donors (Lipinski definition) is 2. The third kappa shape index (κ3) is 5.24. The predicted octanol–water partition coefficient (Wildman–Crippen LogP) is 4.20. The molecule has 1 aromatic heterocycles. The van der Waals surface area contributed by atoms with Crippen LogP contribution < -0.4 is 5.32 Å². The van der Waals surface area contributed by atoms with E-state index in [0.29, 0.717) is 16.8 Å². The first-order valence-electron chi connectivity index (χ1n) is 10.9. The fourth-order valence-corrected chi connectivity index (χ4v) is 4.26. The molecule has 1 atom stereocenters. The number of nitrogens with one attached hydrogen (secondary N) is 1. The average Bonchev–Trinajstić information content (AvgIpc) is 2.77. The predicted molar refractivity (Wildman–Crippen MR) is 125 cm³/mol. The number of phenols is 1. The summed E-state index contributed by atoms with van der Waals surface area (Å²) in [6, 6.07) is 11.4. The topological polar surface area (TPSA) is 65.5 Å². The van der Waals surface area contributed by atoms with Crippen molar-refractivity contribution in [1.29, 1.82) is 0 Å². The number of phenolic OH excluding ortho intramolecular Hbond substituents is 1. The molecule has 0 spiro atoms. The largest absolute Gasteiger partial charge is 0.508 e. The molecule has 2 heterocycles. The molecular weight excluding hydrogens is 436 g/mol. The Hall–Kier alpha value is -3.76. The van der Waals surface area contributed by atoms with Crippen molar-refractivity contribution in [2.24, 2.45) is 5.41 Å². The van der Waals surface area contributed by atoms with Gasteiger partial charge in [-0.3, -0.25) is 4.79 Å². The fraction of sp³-hybridized carbons (Fsp3) is 0.259. The molecule has 0 saturated carbocycles. The van der Waals surface area contributed by atoms with Crippen molar-refractivity contribution in [1.82, 2.24) is 15.2 Å². The zero-order chi connectivity index (χ0) is 24.5. The third-order valence-electron chi connectivity index (χ3n) is 5.71. The van der Waals surface area contributed by atoms with E-state index in [9.17, 15) is 18.7 Å². The summed E-state index contributed by atoms with van der Waals surface area (Å²) in [5.74, 6) is 4.69. The number of nitrogens with zero attached hydrogens (tertiary/aromatic N) is 2. The van der Waals surface area contributed by atoms with E-state index in [0.717, 1.165) is 25.2 Å². The third-order valence-corrected chi connectivity index (χ3v) is 5.71. The molecule has 4 rings (SSSR count). The smallest absolute Gasteiger partial charge is 0.270 e. The Bertz CT molecular complexity index is 1290. The number of aryl methyl sites for hydroxylation is 1. The Balaban J connectivity index is 1.65. The molecule has 1 fully saturated rings. The number of amides is 1. The Kier molecular flexibility index (Phi) is 6.36. The van der Waals surface area contributed by atoms with Crippen LogP contribution in [-0.4, -0.2) is 41.0 Å². The molecule has 0 radical (unpaired) electrons. The highest BCUT2D eigenvalue weighted by molar-refractivity contribution is 5.93. The van der Waals surface area contributed by atoms with Crippen LogP contribution in [0.4, 0.5) is 8.78 Å². The maximum absolute atomic E-state index is 14.0. The van der Waals surface area contributed by atoms with Crippen LogP contribution in [0.1, 0.15) is 45.8 Å². The highest BCUT2D eigenvalue weighted by atomic mass is 19.1. The van der Waals surface area contributed by atoms with E-state index in [2.05, 4.69) is 34.0 Å². The quantitative estimate of drug-likeness (QED) is 0.572. The lowest BCUT2D eigenvalue weighted by Gasteiger charge is -2.42. The molecule has 1 saturated heterocycles. The molecule has 7 heteroatoms. The number of aromatic hydroxyl groups is 1. The van der Waals surface area contributed by atoms with Gasteiger partial charge in [0.15, 0.2) is 0 Å². The molecule has 0 aliphatic carbocycles. The Morgan fingerprint density at radius 2 is 1.79 bits per heavy atom. The molecule has 1 unspecified atom stereocenters. The van der Waals surface area contributed by atoms with Gasteiger partial charge in [0.05, 0.1) is 11.5 Å². The summed E-state index contributed by atoms with van der Waals surface area (Å²) in [5, 5.41) is 13.2. The summed E-state index contributed by atoms with van der Waals surface area (Å²) in [6.45, 7) is 5.64. The van der Waals surface area contributed by atoms with E-state index in [1.807, 2.05) is 13.1 Å². The number of pyridine rings is 1. The van der Waals surface area contributed by atoms with Crippen molar-refractivity contribution < 1.29 is 18.7 Å². The highest BCUT2D eigenvalue weighted by Crippen LogP contribution is 2.31. The first kappa shape index (κ1) is 23.4. The fourth-order valence-electron chi connectivity index (χ4n) is 4.26. The van der Waals surface area contributed by atoms with Crippen molar-refractivity contribution in [3.05, 3.63) is 94.3 Å². The van der Waals surface area contributed by atoms with Crippen LogP contribution >= 0.6 is 0 Å². The monoisotopic (exact) mass is 461 g/mol. The second kappa shape index (κ2) is 9.24. The number of carbonyl (C=O) groups excluding carboxylic acids is 1. The lowest BCUT2D eigenvalue weighted by molar-refractivity contribution is 0.0916. The average molecular weight is 462 g/mol. The van der Waals surface area contributed by atoms with E-state index < -0.39 is 23.6 Å². The van der Waals surface area contributed by atoms with E-state index in [-0.39, 0.29) is 22.4 Å². The maximum Gasteiger partial charge on any atom is 0.270 e. The Labute approximate surface area is 197 Å². The summed E-state index contributed by atoms with van der Waals surface area (Å²) in [5.41, 5.74) is 1.97. The van der Waals surface area contributed by atoms with E-state index in [4.69, 9.17) is 0 Å². The van der Waals surface area contributed by atoms with Gasteiger partial charge in [-0.25, -0.2) is 13.8 Å². The first-order valence-corrected chi connectivity index (χ1v) is 10.9. The van der Waals surface area contributed by atoms with Crippen LogP contribution in [-0.2, 0) is 0 Å². The van der Waals surface area contributed by atoms with Gasteiger partial charge in [0.1, 0.15) is 23.1 Å². The van der Waals surface area contributed by atoms with Crippen molar-refractivity contribution in [2.75, 3.05) is 20.1 Å². The molecule has 5 nitrogen and oxygen atoms in total. The minimum absolute atomic E-state index is 0.0864. The molecule has 1 aliphatic heterocycles. The number of rotatable bonds is 4. The number of carbonyl (C=O) groups is 1. The van der Waals surface area contributed by atoms with E-state index in [1.54, 1.807) is 13.0 Å². The molecule has 174 valence electrons. The van der Waals surface area contributed by atoms with Crippen LogP contribution in [0.3, 0.4) is 0 Å². The minimum atomic E-state index is -0.926. The lowest BCUT2D eigenvalue weighted by atomic mass is 9.83. The summed E-state index contributed by atoms with van der Waals surface area (Å²) in [6.07, 6.45) is 0. The number of hydrogen-bond acceptors (Lipinski definition) is 4. The standard InChI is InChI=1S/C27H25F2N3O2/c1-17-12-18(10-11-27(2)15-32(3)16-27)13-23(30-17)26(34)31-25(19-4-6-20(28)7-5-19)22-14-21(29)8-9-24(22)33/h4-9,12-14,25,33H,15-16H2,1-3H3,(H,31,34). The van der Waals surface area contributed by atoms with Crippen molar-refractivity contribution in [3.8, 4) is 17.6 Å². The molecule has 2 aromatic carbocycles. The molecule has 0 bridgehead atoms. The number of halogens is 2. The number of benzene rings is 2. The van der Waals surface area contributed by atoms with Gasteiger partial charge in [-0.1, -0.05) is 24.0 Å². The van der Waals surface area contributed by atoms with E-state index >= 15 is 0 Å². The van der Waals surface area contributed by atoms with Crippen molar-refractivity contribution >= 4 is 5.91 Å². The summed E-state index contributed by atoms with van der Waals surface area (Å²) in [7, 11) is 2.04. The summed E-state index contributed by atoms with van der Waals surface area (Å²) < 4.78 is 27.5.